The molecule has 2 aromatic rings. The van der Waals surface area contributed by atoms with E-state index in [1.54, 1.807) is 0 Å². The van der Waals surface area contributed by atoms with Crippen LogP contribution in [0.2, 0.25) is 10.6 Å². The molecule has 0 radical (unpaired) electrons. The van der Waals surface area contributed by atoms with Crippen LogP contribution >= 0.6 is 23.2 Å². The summed E-state index contributed by atoms with van der Waals surface area (Å²) in [4.78, 5) is 10.6. The van der Waals surface area contributed by atoms with Gasteiger partial charge in [-0.3, -0.25) is 0 Å². The van der Waals surface area contributed by atoms with Crippen LogP contribution in [-0.4, -0.2) is 9.97 Å². The highest BCUT2D eigenvalue weighted by molar-refractivity contribution is 6.30. The molecule has 5 heteroatoms. The first-order valence-corrected chi connectivity index (χ1v) is 4.69. The van der Waals surface area contributed by atoms with Gasteiger partial charge >= 0.3 is 10.6 Å². The molecule has 0 aliphatic rings. The lowest BCUT2D eigenvalue weighted by Crippen LogP contribution is -2.13. The van der Waals surface area contributed by atoms with E-state index >= 15 is 0 Å². The van der Waals surface area contributed by atoms with Gasteiger partial charge in [0, 0.05) is 0 Å². The molecule has 0 unspecified atom stereocenters. The number of aromatic amines is 1. The Morgan fingerprint density at radius 1 is 1.00 bits per heavy atom. The van der Waals surface area contributed by atoms with Crippen LogP contribution in [-0.2, 0) is 0 Å². The van der Waals surface area contributed by atoms with Crippen molar-refractivity contribution in [3.63, 3.8) is 0 Å². The first-order valence-electron chi connectivity index (χ1n) is 3.93. The molecule has 0 aliphatic heterocycles. The Morgan fingerprint density at radius 2 is 1.71 bits per heavy atom. The Balaban J connectivity index is 2.52. The average Bonchev–Trinajstić information content (AvgIpc) is 2.18. The monoisotopic (exact) mass is 226 g/mol. The Hall–Kier alpha value is -1.19. The highest BCUT2D eigenvalue weighted by Crippen LogP contribution is 2.13. The van der Waals surface area contributed by atoms with Crippen molar-refractivity contribution in [1.82, 2.24) is 9.97 Å². The quantitative estimate of drug-likeness (QED) is 0.749. The van der Waals surface area contributed by atoms with E-state index in [1.165, 1.54) is 0 Å². The fraction of sp³-hybridized carbons (Fsp3) is 0. The van der Waals surface area contributed by atoms with E-state index in [1.807, 2.05) is 30.3 Å². The molecule has 3 nitrogen and oxygen atoms in total. The normalized spacial score (nSPS) is 10.1. The maximum Gasteiger partial charge on any atom is 0.373 e. The van der Waals surface area contributed by atoms with Crippen LogP contribution in [0, 0.1) is 0 Å². The van der Waals surface area contributed by atoms with Crippen molar-refractivity contribution in [3.05, 3.63) is 40.9 Å². The Morgan fingerprint density at radius 3 is 2.36 bits per heavy atom. The molecule has 1 heterocycles. The first-order chi connectivity index (χ1) is 6.75. The van der Waals surface area contributed by atoms with Crippen LogP contribution in [0.25, 0.3) is 11.4 Å². The molecule has 1 aromatic heterocycles. The average molecular weight is 227 g/mol. The minimum Gasteiger partial charge on any atom is -0.230 e. The number of benzene rings is 1. The molecular weight excluding hydrogens is 221 g/mol. The lowest BCUT2D eigenvalue weighted by Gasteiger charge is -1.93. The Labute approximate surface area is 90.8 Å². The van der Waals surface area contributed by atoms with Gasteiger partial charge in [0.15, 0.2) is 0 Å². The summed E-state index contributed by atoms with van der Waals surface area (Å²) in [5.41, 5.74) is 0.915. The lowest BCUT2D eigenvalue weighted by molar-refractivity contribution is -0.371. The molecule has 70 valence electrons. The van der Waals surface area contributed by atoms with Crippen molar-refractivity contribution in [1.29, 1.82) is 0 Å². The molecule has 0 aliphatic carbocycles. The maximum atomic E-state index is 5.71. The van der Waals surface area contributed by atoms with E-state index in [0.717, 1.165) is 5.56 Å². The number of H-pyrrole nitrogens is 1. The summed E-state index contributed by atoms with van der Waals surface area (Å²) < 4.78 is 0. The number of nitrogens with one attached hydrogen (secondary N) is 1. The molecule has 0 amide bonds. The molecule has 1 aromatic carbocycles. The number of nitrogens with zero attached hydrogens (tertiary/aromatic N) is 2. The molecule has 0 bridgehead atoms. The second kappa shape index (κ2) is 3.90. The van der Waals surface area contributed by atoms with Crippen molar-refractivity contribution >= 4 is 23.2 Å². The van der Waals surface area contributed by atoms with E-state index in [-0.39, 0.29) is 10.6 Å². The molecule has 14 heavy (non-hydrogen) atoms. The van der Waals surface area contributed by atoms with Crippen molar-refractivity contribution in [2.24, 2.45) is 0 Å². The van der Waals surface area contributed by atoms with Gasteiger partial charge in [-0.15, -0.1) is 0 Å². The maximum absolute atomic E-state index is 5.71. The van der Waals surface area contributed by atoms with Gasteiger partial charge in [-0.2, -0.15) is 0 Å². The van der Waals surface area contributed by atoms with Crippen molar-refractivity contribution in [2.45, 2.75) is 0 Å². The molecule has 0 spiro atoms. The zero-order valence-corrected chi connectivity index (χ0v) is 8.55. The smallest absolute Gasteiger partial charge is 0.230 e. The number of hydrogen-bond acceptors (Lipinski definition) is 2. The fourth-order valence-electron chi connectivity index (χ4n) is 1.08. The third-order valence-corrected chi connectivity index (χ3v) is 2.01. The van der Waals surface area contributed by atoms with Gasteiger partial charge in [0.1, 0.15) is 0 Å². The van der Waals surface area contributed by atoms with Gasteiger partial charge in [0.05, 0.1) is 5.56 Å². The Bertz CT molecular complexity index is 425. The predicted molar refractivity (Wildman–Crippen MR) is 54.0 cm³/mol. The third kappa shape index (κ3) is 2.00. The third-order valence-electron chi connectivity index (χ3n) is 1.66. The first kappa shape index (κ1) is 9.37. The second-order valence-electron chi connectivity index (χ2n) is 2.62. The second-order valence-corrected chi connectivity index (χ2v) is 3.32. The minimum absolute atomic E-state index is 0.132. The van der Waals surface area contributed by atoms with Gasteiger partial charge in [-0.25, -0.2) is 4.98 Å². The van der Waals surface area contributed by atoms with E-state index in [4.69, 9.17) is 23.2 Å². The van der Waals surface area contributed by atoms with E-state index in [2.05, 4.69) is 15.0 Å². The van der Waals surface area contributed by atoms with E-state index in [9.17, 15) is 0 Å². The molecular formula is C9H6Cl2N3+. The van der Waals surface area contributed by atoms with Crippen LogP contribution in [0.1, 0.15) is 0 Å². The van der Waals surface area contributed by atoms with Gasteiger partial charge in [0.25, 0.3) is 5.82 Å². The molecule has 0 saturated heterocycles. The summed E-state index contributed by atoms with van der Waals surface area (Å²) in [6.45, 7) is 0. The molecule has 0 fully saturated rings. The number of halogens is 2. The van der Waals surface area contributed by atoms with Crippen molar-refractivity contribution in [3.8, 4) is 11.4 Å². The van der Waals surface area contributed by atoms with Gasteiger partial charge < -0.3 is 0 Å². The zero-order chi connectivity index (χ0) is 9.97. The fourth-order valence-corrected chi connectivity index (χ4v) is 1.47. The number of rotatable bonds is 1. The van der Waals surface area contributed by atoms with Crippen LogP contribution in [0.3, 0.4) is 0 Å². The van der Waals surface area contributed by atoms with Crippen LogP contribution in [0.15, 0.2) is 30.3 Å². The van der Waals surface area contributed by atoms with Crippen LogP contribution in [0.4, 0.5) is 0 Å². The largest absolute Gasteiger partial charge is 0.373 e. The van der Waals surface area contributed by atoms with Crippen LogP contribution < -0.4 is 4.98 Å². The van der Waals surface area contributed by atoms with Crippen LogP contribution in [0.5, 0.6) is 0 Å². The highest BCUT2D eigenvalue weighted by atomic mass is 35.5. The summed E-state index contributed by atoms with van der Waals surface area (Å²) in [6.07, 6.45) is 0. The summed E-state index contributed by atoms with van der Waals surface area (Å²) in [6, 6.07) is 9.56. The summed E-state index contributed by atoms with van der Waals surface area (Å²) in [5, 5.41) is 0.358. The predicted octanol–water partition coefficient (Wildman–Crippen LogP) is 2.26. The van der Waals surface area contributed by atoms with Crippen molar-refractivity contribution in [2.75, 3.05) is 0 Å². The van der Waals surface area contributed by atoms with Gasteiger partial charge in [-0.1, -0.05) is 23.2 Å². The highest BCUT2D eigenvalue weighted by Gasteiger charge is 2.12. The number of hydrogen-bond donors (Lipinski definition) is 0. The van der Waals surface area contributed by atoms with Gasteiger partial charge in [-0.05, 0) is 40.3 Å². The summed E-state index contributed by atoms with van der Waals surface area (Å²) >= 11 is 11.4. The number of aromatic nitrogens is 3. The van der Waals surface area contributed by atoms with E-state index < -0.39 is 0 Å². The zero-order valence-electron chi connectivity index (χ0n) is 7.04. The standard InChI is InChI=1S/C9H5Cl2N3/c10-8-12-7(13-9(11)14-8)6-4-2-1-3-5-6/h1-5H/p+1. The molecule has 0 saturated carbocycles. The molecule has 1 N–H and O–H groups in total. The van der Waals surface area contributed by atoms with Gasteiger partial charge in [0.2, 0.25) is 0 Å². The van der Waals surface area contributed by atoms with Crippen molar-refractivity contribution < 1.29 is 4.98 Å². The SMILES string of the molecule is Clc1nc(Cl)[nH+]c(-c2ccccc2)n1. The summed E-state index contributed by atoms with van der Waals surface area (Å²) in [5.74, 6) is 0.607. The Kier molecular flexibility index (Phi) is 2.61. The van der Waals surface area contributed by atoms with E-state index in [0.29, 0.717) is 5.82 Å². The summed E-state index contributed by atoms with van der Waals surface area (Å²) in [7, 11) is 0. The minimum atomic E-state index is 0.132. The molecule has 0 atom stereocenters. The lowest BCUT2D eigenvalue weighted by atomic mass is 10.2. The molecule has 2 rings (SSSR count). The topological polar surface area (TPSA) is 39.9 Å².